The normalized spacial score (nSPS) is 35.0. The number of nitrogens with zero attached hydrogens (tertiary/aromatic N) is 1. The summed E-state index contributed by atoms with van der Waals surface area (Å²) in [5, 5.41) is 18.5. The summed E-state index contributed by atoms with van der Waals surface area (Å²) in [6, 6.07) is 0. The van der Waals surface area contributed by atoms with Gasteiger partial charge in [0.25, 0.3) is 0 Å². The van der Waals surface area contributed by atoms with E-state index in [1.165, 1.54) is 0 Å². The van der Waals surface area contributed by atoms with Gasteiger partial charge >= 0.3 is 5.97 Å². The van der Waals surface area contributed by atoms with E-state index in [4.69, 9.17) is 20.2 Å². The smallest absolute Gasteiger partial charge is 0.306 e. The molecule has 0 saturated heterocycles. The number of carboxylic acids is 1. The molecule has 2 N–H and O–H groups in total. The van der Waals surface area contributed by atoms with Crippen LogP contribution in [0.25, 0.3) is 0 Å². The van der Waals surface area contributed by atoms with E-state index in [9.17, 15) is 9.90 Å². The first-order valence-electron chi connectivity index (χ1n) is 8.50. The highest BCUT2D eigenvalue weighted by molar-refractivity contribution is 5.67. The highest BCUT2D eigenvalue weighted by Crippen LogP contribution is 2.01. The number of rotatable bonds is 5. The number of carboxylic acid groups (broad SMARTS) is 1. The van der Waals surface area contributed by atoms with Crippen molar-refractivity contribution in [2.24, 2.45) is 0 Å². The standard InChI is InChI=1S/C8H17NO3/c1-4-9(2,3)6-7(10)5-8(11)12/h7,10H,4-6H2,1-3H3/p+1/t7-/m1/s1/i2D3,3D3,4D2,6D2,7D. The summed E-state index contributed by atoms with van der Waals surface area (Å²) in [7, 11) is 0. The fraction of sp³-hybridized carbons (Fsp3) is 0.875. The number of carbonyl (C=O) groups is 1. The summed E-state index contributed by atoms with van der Waals surface area (Å²) in [6.45, 7) is -14.7. The van der Waals surface area contributed by atoms with Crippen LogP contribution in [0.5, 0.6) is 0 Å². The lowest BCUT2D eigenvalue weighted by Crippen LogP contribution is -2.45. The molecular formula is C8H18NO3+. The van der Waals surface area contributed by atoms with Crippen LogP contribution in [0.3, 0.4) is 0 Å². The molecule has 0 aliphatic heterocycles. The predicted octanol–water partition coefficient (Wildman–Crippen LogP) is -0.0817. The van der Waals surface area contributed by atoms with E-state index in [1.807, 2.05) is 0 Å². The molecule has 4 heteroatoms. The molecule has 0 spiro atoms. The number of hydrogen-bond acceptors (Lipinski definition) is 2. The first-order chi connectivity index (χ1) is 9.67. The number of aliphatic hydroxyl groups is 1. The van der Waals surface area contributed by atoms with Gasteiger partial charge in [-0.25, -0.2) is 0 Å². The lowest BCUT2D eigenvalue weighted by Gasteiger charge is -2.29. The van der Waals surface area contributed by atoms with Crippen LogP contribution >= 0.6 is 0 Å². The van der Waals surface area contributed by atoms with Crippen LogP contribution in [0.1, 0.15) is 28.4 Å². The van der Waals surface area contributed by atoms with Crippen LogP contribution in [0.4, 0.5) is 0 Å². The van der Waals surface area contributed by atoms with Gasteiger partial charge in [0.1, 0.15) is 12.6 Å². The molecule has 0 aromatic rings. The average molecular weight is 187 g/mol. The molecule has 0 unspecified atom stereocenters. The van der Waals surface area contributed by atoms with E-state index in [-0.39, 0.29) is 0 Å². The van der Waals surface area contributed by atoms with Crippen molar-refractivity contribution in [2.75, 3.05) is 26.9 Å². The van der Waals surface area contributed by atoms with Crippen molar-refractivity contribution in [1.29, 1.82) is 0 Å². The van der Waals surface area contributed by atoms with Crippen molar-refractivity contribution in [3.05, 3.63) is 0 Å². The maximum atomic E-state index is 10.7. The zero-order chi connectivity index (χ0) is 19.3. The molecule has 0 radical (unpaired) electrons. The molecule has 0 aromatic carbocycles. The topological polar surface area (TPSA) is 57.5 Å². The Morgan fingerprint density at radius 1 is 1.83 bits per heavy atom. The quantitative estimate of drug-likeness (QED) is 0.592. The molecule has 0 aliphatic rings. The Kier molecular flexibility index (Phi) is 0.991. The number of hydrogen-bond donors (Lipinski definition) is 2. The molecule has 0 bridgehead atoms. The zero-order valence-electron chi connectivity index (χ0n) is 17.5. The van der Waals surface area contributed by atoms with Gasteiger partial charge in [0.05, 0.1) is 41.9 Å². The Morgan fingerprint density at radius 2 is 2.42 bits per heavy atom. The number of aliphatic carboxylic acids is 1. The number of likely N-dealkylation sites (N-methyl/N-ethyl adjacent to an activating group) is 1. The lowest BCUT2D eigenvalue weighted by molar-refractivity contribution is -0.891. The fourth-order valence-corrected chi connectivity index (χ4v) is 0.432. The van der Waals surface area contributed by atoms with Gasteiger partial charge in [-0.1, -0.05) is 0 Å². The van der Waals surface area contributed by atoms with Gasteiger partial charge in [0.2, 0.25) is 0 Å². The molecule has 0 rings (SSSR count). The van der Waals surface area contributed by atoms with Gasteiger partial charge in [-0.15, -0.1) is 0 Å². The van der Waals surface area contributed by atoms with E-state index >= 15 is 0 Å². The van der Waals surface area contributed by atoms with Crippen molar-refractivity contribution in [3.63, 3.8) is 0 Å². The maximum Gasteiger partial charge on any atom is 0.306 e. The third-order valence-electron chi connectivity index (χ3n) is 0.951. The highest BCUT2D eigenvalue weighted by atomic mass is 16.4. The maximum absolute atomic E-state index is 10.7. The van der Waals surface area contributed by atoms with Crippen molar-refractivity contribution in [1.82, 2.24) is 0 Å². The summed E-state index contributed by atoms with van der Waals surface area (Å²) in [5.74, 6) is -1.89. The third-order valence-corrected chi connectivity index (χ3v) is 0.951. The Bertz CT molecular complexity index is 425. The first-order valence-corrected chi connectivity index (χ1v) is 3.00. The largest absolute Gasteiger partial charge is 0.481 e. The average Bonchev–Trinajstić information content (AvgIpc) is 2.05. The second kappa shape index (κ2) is 4.42. The second-order valence-corrected chi connectivity index (χ2v) is 2.02. The van der Waals surface area contributed by atoms with Crippen LogP contribution in [-0.2, 0) is 4.79 Å². The van der Waals surface area contributed by atoms with Gasteiger partial charge in [-0.05, 0) is 6.92 Å². The van der Waals surface area contributed by atoms with E-state index in [0.29, 0.717) is 6.92 Å². The Morgan fingerprint density at radius 3 is 2.75 bits per heavy atom. The third kappa shape index (κ3) is 5.09. The molecule has 0 amide bonds. The minimum absolute atomic E-state index is 0.473. The summed E-state index contributed by atoms with van der Waals surface area (Å²) in [6.07, 6.45) is -5.38. The van der Waals surface area contributed by atoms with E-state index in [1.54, 1.807) is 0 Å². The minimum atomic E-state index is -4.03. The Hall–Kier alpha value is -0.610. The van der Waals surface area contributed by atoms with Crippen molar-refractivity contribution in [3.8, 4) is 0 Å². The first kappa shape index (κ1) is 2.69. The molecule has 0 fully saturated rings. The molecule has 0 heterocycles. The highest BCUT2D eigenvalue weighted by Gasteiger charge is 2.20. The van der Waals surface area contributed by atoms with Crippen LogP contribution in [0.15, 0.2) is 0 Å². The van der Waals surface area contributed by atoms with E-state index in [2.05, 4.69) is 0 Å². The van der Waals surface area contributed by atoms with E-state index in [0.717, 1.165) is 0 Å². The summed E-state index contributed by atoms with van der Waals surface area (Å²) < 4.78 is 79.6. The molecular weight excluding hydrogens is 158 g/mol. The Balaban J connectivity index is 6.89. The summed E-state index contributed by atoms with van der Waals surface area (Å²) >= 11 is 0. The molecule has 0 aromatic heterocycles. The molecule has 0 saturated carbocycles. The van der Waals surface area contributed by atoms with Crippen LogP contribution in [0, 0.1) is 0 Å². The van der Waals surface area contributed by atoms with Crippen LogP contribution < -0.4 is 0 Å². The van der Waals surface area contributed by atoms with Crippen LogP contribution in [0.2, 0.25) is 0 Å². The van der Waals surface area contributed by atoms with Gasteiger partial charge in [-0.3, -0.25) is 4.79 Å². The van der Waals surface area contributed by atoms with E-state index < -0.39 is 49.9 Å². The predicted molar refractivity (Wildman–Crippen MR) is 45.8 cm³/mol. The summed E-state index contributed by atoms with van der Waals surface area (Å²) in [5.41, 5.74) is 0. The monoisotopic (exact) mass is 187 g/mol. The van der Waals surface area contributed by atoms with Gasteiger partial charge in [-0.2, -0.15) is 0 Å². The zero-order valence-corrected chi connectivity index (χ0v) is 6.46. The summed E-state index contributed by atoms with van der Waals surface area (Å²) in [4.78, 5) is 10.7. The van der Waals surface area contributed by atoms with Gasteiger partial charge in [0.15, 0.2) is 0 Å². The SMILES string of the molecule is [2H]C([2H])([2H])[N+](C([2H])([2H])[2H])(C([2H])([2H])C)C([2H])([2H])[C@]([2H])(O)CC(=O)O. The second-order valence-electron chi connectivity index (χ2n) is 2.02. The van der Waals surface area contributed by atoms with Crippen molar-refractivity contribution >= 4 is 5.97 Å². The Labute approximate surface area is 88.5 Å². The molecule has 1 atom stereocenters. The molecule has 12 heavy (non-hydrogen) atoms. The molecule has 4 nitrogen and oxygen atoms in total. The lowest BCUT2D eigenvalue weighted by atomic mass is 10.2. The fourth-order valence-electron chi connectivity index (χ4n) is 0.432. The molecule has 72 valence electrons. The van der Waals surface area contributed by atoms with Crippen molar-refractivity contribution in [2.45, 2.75) is 19.4 Å². The van der Waals surface area contributed by atoms with Gasteiger partial charge in [0, 0.05) is 0 Å². The minimum Gasteiger partial charge on any atom is -0.481 e. The molecule has 0 aliphatic carbocycles. The number of quaternary nitrogens is 1. The van der Waals surface area contributed by atoms with Crippen LogP contribution in [-0.4, -0.2) is 53.7 Å². The van der Waals surface area contributed by atoms with Crippen molar-refractivity contribution < 1.29 is 34.6 Å². The van der Waals surface area contributed by atoms with Gasteiger partial charge < -0.3 is 14.7 Å².